The van der Waals surface area contributed by atoms with Crippen LogP contribution in [-0.4, -0.2) is 36.3 Å². The van der Waals surface area contributed by atoms with Crippen LogP contribution in [-0.2, 0) is 4.79 Å². The number of amides is 2. The van der Waals surface area contributed by atoms with Gasteiger partial charge in [-0.1, -0.05) is 23.4 Å². The average Bonchev–Trinajstić information content (AvgIpc) is 3.23. The maximum atomic E-state index is 12.8. The van der Waals surface area contributed by atoms with E-state index in [0.29, 0.717) is 17.1 Å². The summed E-state index contributed by atoms with van der Waals surface area (Å²) in [4.78, 5) is 26.6. The molecule has 0 unspecified atom stereocenters. The fourth-order valence-electron chi connectivity index (χ4n) is 3.61. The number of hydrogen-bond donors (Lipinski definition) is 1. The number of rotatable bonds is 4. The second kappa shape index (κ2) is 9.62. The first kappa shape index (κ1) is 21.0. The molecule has 2 amide bonds. The Labute approximate surface area is 177 Å². The minimum atomic E-state index is -0.0243. The minimum absolute atomic E-state index is 0.000665. The summed E-state index contributed by atoms with van der Waals surface area (Å²) in [6.07, 6.45) is 2.40. The number of hydrogen-bond acceptors (Lipinski definition) is 2. The van der Waals surface area contributed by atoms with Crippen LogP contribution in [0, 0.1) is 17.8 Å². The van der Waals surface area contributed by atoms with Crippen LogP contribution in [0.3, 0.4) is 0 Å². The van der Waals surface area contributed by atoms with Crippen molar-refractivity contribution in [1.29, 1.82) is 0 Å². The van der Waals surface area contributed by atoms with Gasteiger partial charge in [-0.05, 0) is 74.7 Å². The molecule has 1 aliphatic carbocycles. The van der Waals surface area contributed by atoms with E-state index >= 15 is 0 Å². The van der Waals surface area contributed by atoms with Crippen molar-refractivity contribution in [2.24, 2.45) is 5.92 Å². The first-order chi connectivity index (χ1) is 14.0. The van der Waals surface area contributed by atoms with Gasteiger partial charge < -0.3 is 10.2 Å². The summed E-state index contributed by atoms with van der Waals surface area (Å²) in [6.45, 7) is 2.56. The van der Waals surface area contributed by atoms with Crippen molar-refractivity contribution in [3.63, 3.8) is 0 Å². The Morgan fingerprint density at radius 1 is 1.03 bits per heavy atom. The lowest BCUT2D eigenvalue weighted by molar-refractivity contribution is -0.124. The van der Waals surface area contributed by atoms with Gasteiger partial charge in [0.25, 0.3) is 5.91 Å². The van der Waals surface area contributed by atoms with Crippen molar-refractivity contribution in [3.8, 4) is 11.8 Å². The van der Waals surface area contributed by atoms with Crippen LogP contribution in [0.5, 0.6) is 0 Å². The quantitative estimate of drug-likeness (QED) is 0.774. The van der Waals surface area contributed by atoms with Gasteiger partial charge in [0.2, 0.25) is 5.91 Å². The van der Waals surface area contributed by atoms with Crippen molar-refractivity contribution < 1.29 is 9.59 Å². The van der Waals surface area contributed by atoms with E-state index in [2.05, 4.69) is 17.2 Å². The summed E-state index contributed by atoms with van der Waals surface area (Å²) in [5.41, 5.74) is 2.36. The van der Waals surface area contributed by atoms with Crippen LogP contribution in [0.2, 0.25) is 5.02 Å². The molecule has 0 bridgehead atoms. The Balaban J connectivity index is 1.61. The second-order valence-corrected chi connectivity index (χ2v) is 7.75. The number of carbonyl (C=O) groups is 2. The van der Waals surface area contributed by atoms with Gasteiger partial charge in [-0.2, -0.15) is 0 Å². The Kier molecular flexibility index (Phi) is 6.95. The molecule has 29 heavy (non-hydrogen) atoms. The van der Waals surface area contributed by atoms with Crippen LogP contribution < -0.4 is 5.32 Å². The van der Waals surface area contributed by atoms with Crippen molar-refractivity contribution in [3.05, 3.63) is 70.2 Å². The van der Waals surface area contributed by atoms with Gasteiger partial charge >= 0.3 is 0 Å². The molecule has 4 nitrogen and oxygen atoms in total. The van der Waals surface area contributed by atoms with Gasteiger partial charge in [0, 0.05) is 47.3 Å². The zero-order chi connectivity index (χ0) is 20.8. The van der Waals surface area contributed by atoms with Crippen LogP contribution >= 0.6 is 11.6 Å². The molecule has 5 heteroatoms. The molecule has 0 heterocycles. The normalized spacial score (nSPS) is 17.9. The highest BCUT2D eigenvalue weighted by Crippen LogP contribution is 2.29. The Bertz CT molecular complexity index is 926. The molecule has 2 atom stereocenters. The van der Waals surface area contributed by atoms with Gasteiger partial charge in [-0.15, -0.1) is 0 Å². The molecule has 0 aliphatic heterocycles. The lowest BCUT2D eigenvalue weighted by Gasteiger charge is -2.24. The number of halogens is 1. The molecule has 0 spiro atoms. The number of carbonyl (C=O) groups excluding carboxylic acids is 2. The largest absolute Gasteiger partial charge is 0.356 e. The third kappa shape index (κ3) is 5.40. The van der Waals surface area contributed by atoms with E-state index in [9.17, 15) is 9.59 Å². The molecule has 0 aromatic heterocycles. The number of benzene rings is 2. The van der Waals surface area contributed by atoms with E-state index in [1.807, 2.05) is 50.4 Å². The van der Waals surface area contributed by atoms with E-state index in [1.54, 1.807) is 17.0 Å². The zero-order valence-electron chi connectivity index (χ0n) is 16.7. The lowest BCUT2D eigenvalue weighted by atomic mass is 10.1. The van der Waals surface area contributed by atoms with Crippen LogP contribution in [0.4, 0.5) is 0 Å². The maximum absolute atomic E-state index is 12.8. The average molecular weight is 409 g/mol. The highest BCUT2D eigenvalue weighted by atomic mass is 35.5. The predicted octanol–water partition coefficient (Wildman–Crippen LogP) is 4.12. The van der Waals surface area contributed by atoms with Crippen LogP contribution in [0.25, 0.3) is 0 Å². The molecule has 1 saturated carbocycles. The second-order valence-electron chi connectivity index (χ2n) is 7.31. The molecule has 1 aliphatic rings. The molecule has 150 valence electrons. The summed E-state index contributed by atoms with van der Waals surface area (Å²) in [5, 5.41) is 3.56. The fraction of sp³-hybridized carbons (Fsp3) is 0.333. The lowest BCUT2D eigenvalue weighted by Crippen LogP contribution is -2.36. The standard InChI is InChI=1S/C24H25ClN2O2/c1-3-26-23(28)20-12-15-22(16-20)27(2)24(29)19-10-6-17(7-11-19)4-5-18-8-13-21(25)14-9-18/h6-11,13-14,20,22H,3,12,15-16H2,1-2H3,(H,26,28)/t20-,22+/m0/s1. The fourth-order valence-corrected chi connectivity index (χ4v) is 3.74. The van der Waals surface area contributed by atoms with Crippen molar-refractivity contribution in [2.75, 3.05) is 13.6 Å². The van der Waals surface area contributed by atoms with Crippen LogP contribution in [0.1, 0.15) is 47.7 Å². The first-order valence-electron chi connectivity index (χ1n) is 9.90. The zero-order valence-corrected chi connectivity index (χ0v) is 17.5. The molecule has 2 aromatic carbocycles. The van der Waals surface area contributed by atoms with Crippen LogP contribution in [0.15, 0.2) is 48.5 Å². The summed E-state index contributed by atoms with van der Waals surface area (Å²) in [5.74, 6) is 6.26. The molecule has 1 fully saturated rings. The number of nitrogens with one attached hydrogen (secondary N) is 1. The van der Waals surface area contributed by atoms with Crippen molar-refractivity contribution in [1.82, 2.24) is 10.2 Å². The maximum Gasteiger partial charge on any atom is 0.253 e. The molecule has 1 N–H and O–H groups in total. The predicted molar refractivity (Wildman–Crippen MR) is 116 cm³/mol. The van der Waals surface area contributed by atoms with Gasteiger partial charge in [-0.25, -0.2) is 0 Å². The van der Waals surface area contributed by atoms with Crippen molar-refractivity contribution >= 4 is 23.4 Å². The SMILES string of the molecule is CCNC(=O)[C@H]1CC[C@@H](N(C)C(=O)c2ccc(C#Cc3ccc(Cl)cc3)cc2)C1. The third-order valence-electron chi connectivity index (χ3n) is 5.32. The monoisotopic (exact) mass is 408 g/mol. The molecular weight excluding hydrogens is 384 g/mol. The smallest absolute Gasteiger partial charge is 0.253 e. The highest BCUT2D eigenvalue weighted by Gasteiger charge is 2.33. The van der Waals surface area contributed by atoms with Gasteiger partial charge in [0.1, 0.15) is 0 Å². The van der Waals surface area contributed by atoms with Gasteiger partial charge in [0.05, 0.1) is 0 Å². The first-order valence-corrected chi connectivity index (χ1v) is 10.3. The Morgan fingerprint density at radius 3 is 2.21 bits per heavy atom. The number of nitrogens with zero attached hydrogens (tertiary/aromatic N) is 1. The molecule has 3 rings (SSSR count). The molecule has 0 radical (unpaired) electrons. The Morgan fingerprint density at radius 2 is 1.62 bits per heavy atom. The van der Waals surface area contributed by atoms with Crippen molar-refractivity contribution in [2.45, 2.75) is 32.2 Å². The molecule has 2 aromatic rings. The van der Waals surface area contributed by atoms with E-state index < -0.39 is 0 Å². The summed E-state index contributed by atoms with van der Waals surface area (Å²) >= 11 is 5.88. The highest BCUT2D eigenvalue weighted by molar-refractivity contribution is 6.30. The van der Waals surface area contributed by atoms with Gasteiger partial charge in [0.15, 0.2) is 0 Å². The van der Waals surface area contributed by atoms with E-state index in [4.69, 9.17) is 11.6 Å². The summed E-state index contributed by atoms with van der Waals surface area (Å²) < 4.78 is 0. The van der Waals surface area contributed by atoms with Gasteiger partial charge in [-0.3, -0.25) is 9.59 Å². The topological polar surface area (TPSA) is 49.4 Å². The molecule has 0 saturated heterocycles. The molecular formula is C24H25ClN2O2. The minimum Gasteiger partial charge on any atom is -0.356 e. The summed E-state index contributed by atoms with van der Waals surface area (Å²) in [6, 6.07) is 14.8. The van der Waals surface area contributed by atoms with E-state index in [1.165, 1.54) is 0 Å². The Hall–Kier alpha value is -2.77. The van der Waals surface area contributed by atoms with E-state index in [-0.39, 0.29) is 23.8 Å². The summed E-state index contributed by atoms with van der Waals surface area (Å²) in [7, 11) is 1.82. The third-order valence-corrected chi connectivity index (χ3v) is 5.57. The van der Waals surface area contributed by atoms with E-state index in [0.717, 1.165) is 30.4 Å².